The second kappa shape index (κ2) is 22.8. The molecule has 0 rings (SSSR count). The van der Waals surface area contributed by atoms with Gasteiger partial charge in [0.25, 0.3) is 10.0 Å². The fraction of sp³-hybridized carbons (Fsp3) is 0.900. The van der Waals surface area contributed by atoms with Crippen molar-refractivity contribution in [2.24, 2.45) is 11.8 Å². The van der Waals surface area contributed by atoms with E-state index in [1.165, 1.54) is 0 Å². The third-order valence-electron chi connectivity index (χ3n) is 4.99. The van der Waals surface area contributed by atoms with Gasteiger partial charge >= 0.3 is 41.5 Å². The summed E-state index contributed by atoms with van der Waals surface area (Å²) in [7, 11) is -6.60. The van der Waals surface area contributed by atoms with Crippen molar-refractivity contribution in [2.75, 3.05) is 13.2 Å². The van der Waals surface area contributed by atoms with Crippen LogP contribution in [0.4, 0.5) is 0 Å². The minimum atomic E-state index is -5.01. The van der Waals surface area contributed by atoms with Crippen LogP contribution >= 0.6 is 0 Å². The summed E-state index contributed by atoms with van der Waals surface area (Å²) in [6.45, 7) is 8.26. The summed E-state index contributed by atoms with van der Waals surface area (Å²) in [4.78, 5) is 38.7. The predicted octanol–water partition coefficient (Wildman–Crippen LogP) is -1.22. The van der Waals surface area contributed by atoms with E-state index in [1.807, 2.05) is 13.8 Å². The molecule has 0 aliphatic carbocycles. The first-order valence-corrected chi connectivity index (χ1v) is 13.8. The summed E-state index contributed by atoms with van der Waals surface area (Å²) in [6.07, 6.45) is 6.58. The third kappa shape index (κ3) is 19.5. The molecular weight excluding hydrogens is 467 g/mol. The fourth-order valence-electron chi connectivity index (χ4n) is 2.81. The van der Waals surface area contributed by atoms with Gasteiger partial charge in [-0.15, -0.1) is 0 Å². The molecule has 0 fully saturated rings. The molecular formula is C20H41NaO9SSi. The molecule has 0 radical (unpaired) electrons. The SMILES string of the molecule is CCCCC(CC)COC(=O)CC(C(=O)OCC(CC)CCCC)S(=O)(=O)[O-].O[SiH2]O.[Na+]. The van der Waals surface area contributed by atoms with Gasteiger partial charge in [-0.3, -0.25) is 9.59 Å². The van der Waals surface area contributed by atoms with Crippen LogP contribution in [0.5, 0.6) is 0 Å². The summed E-state index contributed by atoms with van der Waals surface area (Å²) in [5, 5.41) is -2.06. The zero-order valence-electron chi connectivity index (χ0n) is 20.4. The summed E-state index contributed by atoms with van der Waals surface area (Å²) >= 11 is 0. The maximum absolute atomic E-state index is 12.1. The average molecular weight is 509 g/mol. The van der Waals surface area contributed by atoms with Gasteiger partial charge in [0.2, 0.25) is 0 Å². The standard InChI is InChI=1S/C20H38O7S.Na.H4O2Si/c1-5-9-11-16(7-3)14-26-19(21)13-18(28(23,24)25)20(22)27-15-17(8-4)12-10-6-2;;1-3-2/h16-18H,5-15H2,1-4H3,(H,23,24,25);;1-2H,3H2/q;+1;/p-1. The van der Waals surface area contributed by atoms with E-state index in [0.717, 1.165) is 51.4 Å². The van der Waals surface area contributed by atoms with Crippen molar-refractivity contribution in [3.8, 4) is 0 Å². The van der Waals surface area contributed by atoms with Gasteiger partial charge in [0.15, 0.2) is 5.25 Å². The minimum absolute atomic E-state index is 0. The van der Waals surface area contributed by atoms with Gasteiger partial charge in [-0.2, -0.15) is 0 Å². The van der Waals surface area contributed by atoms with E-state index in [2.05, 4.69) is 13.8 Å². The topological polar surface area (TPSA) is 150 Å². The molecule has 0 amide bonds. The van der Waals surface area contributed by atoms with Gasteiger partial charge in [0.1, 0.15) is 10.1 Å². The summed E-state index contributed by atoms with van der Waals surface area (Å²) < 4.78 is 44.6. The van der Waals surface area contributed by atoms with E-state index >= 15 is 0 Å². The molecule has 0 aromatic rings. The largest absolute Gasteiger partial charge is 1.00 e. The van der Waals surface area contributed by atoms with Crippen LogP contribution < -0.4 is 29.6 Å². The molecule has 0 heterocycles. The van der Waals surface area contributed by atoms with E-state index in [1.54, 1.807) is 0 Å². The molecule has 0 saturated heterocycles. The zero-order valence-corrected chi connectivity index (χ0v) is 24.6. The second-order valence-electron chi connectivity index (χ2n) is 7.47. The quantitative estimate of drug-likeness (QED) is 0.149. The Morgan fingerprint density at radius 2 is 1.31 bits per heavy atom. The Bertz CT molecular complexity index is 575. The van der Waals surface area contributed by atoms with Crippen molar-refractivity contribution >= 4 is 32.1 Å². The van der Waals surface area contributed by atoms with Gasteiger partial charge in [-0.05, 0) is 24.7 Å². The van der Waals surface area contributed by atoms with Crippen LogP contribution in [0.3, 0.4) is 0 Å². The van der Waals surface area contributed by atoms with Crippen molar-refractivity contribution in [2.45, 2.75) is 90.7 Å². The minimum Gasteiger partial charge on any atom is -0.747 e. The predicted molar refractivity (Wildman–Crippen MR) is 120 cm³/mol. The number of carbonyl (C=O) groups excluding carboxylic acids is 2. The molecule has 0 bridgehead atoms. The Morgan fingerprint density at radius 1 is 0.906 bits per heavy atom. The van der Waals surface area contributed by atoms with Crippen LogP contribution in [0.25, 0.3) is 0 Å². The molecule has 12 heteroatoms. The normalized spacial score (nSPS) is 13.6. The Hall–Kier alpha value is -0.0131. The molecule has 32 heavy (non-hydrogen) atoms. The Balaban J connectivity index is -0.00000198. The molecule has 0 saturated carbocycles. The molecule has 2 N–H and O–H groups in total. The van der Waals surface area contributed by atoms with E-state index in [0.29, 0.717) is 0 Å². The maximum atomic E-state index is 12.1. The number of esters is 2. The van der Waals surface area contributed by atoms with Gasteiger partial charge in [0, 0.05) is 0 Å². The van der Waals surface area contributed by atoms with Crippen molar-refractivity contribution in [3.63, 3.8) is 0 Å². The molecule has 3 atom stereocenters. The Kier molecular flexibility index (Phi) is 26.0. The van der Waals surface area contributed by atoms with Gasteiger partial charge in [0.05, 0.1) is 19.6 Å². The van der Waals surface area contributed by atoms with Crippen LogP contribution in [0.15, 0.2) is 0 Å². The summed E-state index contributed by atoms with van der Waals surface area (Å²) in [6, 6.07) is 0. The summed E-state index contributed by atoms with van der Waals surface area (Å²) in [5.74, 6) is -1.74. The number of carbonyl (C=O) groups is 2. The molecule has 0 aromatic heterocycles. The van der Waals surface area contributed by atoms with Crippen molar-refractivity contribution in [3.05, 3.63) is 0 Å². The molecule has 0 aliphatic heterocycles. The number of ether oxygens (including phenoxy) is 2. The molecule has 186 valence electrons. The summed E-state index contributed by atoms with van der Waals surface area (Å²) in [5.41, 5.74) is 0. The second-order valence-corrected chi connectivity index (χ2v) is 9.31. The van der Waals surface area contributed by atoms with E-state index in [-0.39, 0.29) is 54.6 Å². The van der Waals surface area contributed by atoms with Crippen molar-refractivity contribution in [1.29, 1.82) is 0 Å². The van der Waals surface area contributed by atoms with Crippen molar-refractivity contribution < 1.29 is 71.2 Å². The number of unbranched alkanes of at least 4 members (excludes halogenated alkanes) is 2. The number of hydrogen-bond donors (Lipinski definition) is 2. The van der Waals surface area contributed by atoms with Gasteiger partial charge < -0.3 is 23.6 Å². The Labute approximate surface area is 218 Å². The van der Waals surface area contributed by atoms with Gasteiger partial charge in [-0.1, -0.05) is 66.2 Å². The van der Waals surface area contributed by atoms with Crippen LogP contribution in [0.2, 0.25) is 0 Å². The van der Waals surface area contributed by atoms with E-state index in [9.17, 15) is 22.6 Å². The first-order valence-electron chi connectivity index (χ1n) is 11.1. The molecule has 0 aliphatic rings. The Morgan fingerprint density at radius 3 is 1.66 bits per heavy atom. The molecule has 9 nitrogen and oxygen atoms in total. The number of rotatable bonds is 16. The zero-order chi connectivity index (χ0) is 24.3. The first kappa shape index (κ1) is 36.6. The molecule has 3 unspecified atom stereocenters. The maximum Gasteiger partial charge on any atom is 1.00 e. The van der Waals surface area contributed by atoms with Gasteiger partial charge in [-0.25, -0.2) is 8.42 Å². The van der Waals surface area contributed by atoms with E-state index in [4.69, 9.17) is 19.1 Å². The van der Waals surface area contributed by atoms with Crippen LogP contribution in [-0.2, 0) is 29.2 Å². The van der Waals surface area contributed by atoms with Crippen LogP contribution in [0, 0.1) is 11.8 Å². The first-order chi connectivity index (χ1) is 14.6. The fourth-order valence-corrected chi connectivity index (χ4v) is 3.46. The number of hydrogen-bond acceptors (Lipinski definition) is 9. The third-order valence-corrected chi connectivity index (χ3v) is 6.05. The van der Waals surface area contributed by atoms with Crippen LogP contribution in [-0.4, -0.2) is 63.0 Å². The average Bonchev–Trinajstić information content (AvgIpc) is 2.71. The molecule has 0 aromatic carbocycles. The molecule has 0 spiro atoms. The van der Waals surface area contributed by atoms with E-state index < -0.39 is 43.7 Å². The van der Waals surface area contributed by atoms with Crippen LogP contribution in [0.1, 0.15) is 85.5 Å². The van der Waals surface area contributed by atoms with Crippen molar-refractivity contribution in [1.82, 2.24) is 0 Å². The monoisotopic (exact) mass is 508 g/mol. The smallest absolute Gasteiger partial charge is 0.747 e.